The Hall–Kier alpha value is -2.74. The van der Waals surface area contributed by atoms with Crippen LogP contribution in [-0.2, 0) is 0 Å². The Morgan fingerprint density at radius 2 is 1.71 bits per heavy atom. The van der Waals surface area contributed by atoms with Crippen LogP contribution in [0.2, 0.25) is 0 Å². The Bertz CT molecular complexity index is 1010. The van der Waals surface area contributed by atoms with Crippen LogP contribution in [0.5, 0.6) is 0 Å². The zero-order valence-corrected chi connectivity index (χ0v) is 16.7. The van der Waals surface area contributed by atoms with Crippen molar-refractivity contribution in [2.45, 2.75) is 32.2 Å². The number of allylic oxidation sites excluding steroid dienone is 2. The minimum absolute atomic E-state index is 0.351. The highest BCUT2D eigenvalue weighted by atomic mass is 15.1. The maximum Gasteiger partial charge on any atom is 0.0554 e. The van der Waals surface area contributed by atoms with E-state index in [1.165, 1.54) is 33.3 Å². The number of anilines is 2. The van der Waals surface area contributed by atoms with Gasteiger partial charge >= 0.3 is 0 Å². The van der Waals surface area contributed by atoms with E-state index in [0.29, 0.717) is 17.9 Å². The predicted octanol–water partition coefficient (Wildman–Crippen LogP) is 6.51. The fourth-order valence-corrected chi connectivity index (χ4v) is 5.15. The van der Waals surface area contributed by atoms with Crippen LogP contribution in [0, 0.1) is 5.92 Å². The van der Waals surface area contributed by atoms with E-state index in [4.69, 9.17) is 0 Å². The van der Waals surface area contributed by atoms with E-state index in [1.807, 2.05) is 0 Å². The average molecular weight is 369 g/mol. The van der Waals surface area contributed by atoms with Crippen molar-refractivity contribution in [1.29, 1.82) is 0 Å². The summed E-state index contributed by atoms with van der Waals surface area (Å²) in [7, 11) is 0. The molecule has 3 aromatic rings. The van der Waals surface area contributed by atoms with Gasteiger partial charge < -0.3 is 10.2 Å². The van der Waals surface area contributed by atoms with Crippen LogP contribution < -0.4 is 10.2 Å². The molecule has 1 N–H and O–H groups in total. The Morgan fingerprint density at radius 1 is 0.929 bits per heavy atom. The number of fused-ring (bicyclic) bond motifs is 5. The van der Waals surface area contributed by atoms with Crippen molar-refractivity contribution >= 4 is 22.1 Å². The first-order valence-electron chi connectivity index (χ1n) is 10.6. The Kier molecular flexibility index (Phi) is 4.35. The van der Waals surface area contributed by atoms with Gasteiger partial charge in [0, 0.05) is 35.8 Å². The van der Waals surface area contributed by atoms with Crippen LogP contribution in [0.1, 0.15) is 43.4 Å². The van der Waals surface area contributed by atoms with Crippen molar-refractivity contribution < 1.29 is 0 Å². The standard InChI is InChI=1S/C26H28N2/c1-3-28(4-2)20-15-12-19(13-16-20)25-23-11-7-10-22(23)24-17-14-18-8-5-6-9-21(18)26(24)27-25/h5-10,12-17,22-23,25,27H,3-4,11H2,1-2H3. The van der Waals surface area contributed by atoms with E-state index in [9.17, 15) is 0 Å². The number of nitrogens with zero attached hydrogens (tertiary/aromatic N) is 1. The van der Waals surface area contributed by atoms with Crippen molar-refractivity contribution in [1.82, 2.24) is 0 Å². The number of hydrogen-bond acceptors (Lipinski definition) is 2. The first-order valence-corrected chi connectivity index (χ1v) is 10.6. The zero-order valence-electron chi connectivity index (χ0n) is 16.7. The van der Waals surface area contributed by atoms with E-state index >= 15 is 0 Å². The molecule has 0 amide bonds. The molecule has 0 spiro atoms. The summed E-state index contributed by atoms with van der Waals surface area (Å²) in [5.74, 6) is 1.10. The molecule has 1 aliphatic heterocycles. The summed E-state index contributed by atoms with van der Waals surface area (Å²) in [5.41, 5.74) is 5.49. The summed E-state index contributed by atoms with van der Waals surface area (Å²) in [5, 5.41) is 6.60. The molecular weight excluding hydrogens is 340 g/mol. The second-order valence-corrected chi connectivity index (χ2v) is 7.99. The quantitative estimate of drug-likeness (QED) is 0.528. The molecule has 142 valence electrons. The summed E-state index contributed by atoms with van der Waals surface area (Å²) >= 11 is 0. The van der Waals surface area contributed by atoms with Gasteiger partial charge in [0.2, 0.25) is 0 Å². The van der Waals surface area contributed by atoms with E-state index in [2.05, 4.69) is 96.9 Å². The predicted molar refractivity (Wildman–Crippen MR) is 120 cm³/mol. The van der Waals surface area contributed by atoms with E-state index in [-0.39, 0.29) is 0 Å². The normalized spacial score (nSPS) is 22.6. The smallest absolute Gasteiger partial charge is 0.0554 e. The third-order valence-corrected chi connectivity index (χ3v) is 6.64. The average Bonchev–Trinajstić information content (AvgIpc) is 3.24. The molecule has 0 aromatic heterocycles. The Balaban J connectivity index is 1.56. The molecule has 5 rings (SSSR count). The number of benzene rings is 3. The maximum absolute atomic E-state index is 3.95. The molecule has 28 heavy (non-hydrogen) atoms. The minimum atomic E-state index is 0.351. The van der Waals surface area contributed by atoms with Gasteiger partial charge in [0.05, 0.1) is 6.04 Å². The maximum atomic E-state index is 3.95. The van der Waals surface area contributed by atoms with Gasteiger partial charge in [0.1, 0.15) is 0 Å². The summed E-state index contributed by atoms with van der Waals surface area (Å²) < 4.78 is 0. The lowest BCUT2D eigenvalue weighted by atomic mass is 9.76. The highest BCUT2D eigenvalue weighted by Gasteiger charge is 2.38. The first-order chi connectivity index (χ1) is 13.8. The molecule has 3 unspecified atom stereocenters. The van der Waals surface area contributed by atoms with Gasteiger partial charge in [-0.2, -0.15) is 0 Å². The third-order valence-electron chi connectivity index (χ3n) is 6.64. The van der Waals surface area contributed by atoms with Gasteiger partial charge in [-0.15, -0.1) is 0 Å². The van der Waals surface area contributed by atoms with Crippen molar-refractivity contribution in [3.63, 3.8) is 0 Å². The molecule has 2 heteroatoms. The number of rotatable bonds is 4. The van der Waals surface area contributed by atoms with Crippen molar-refractivity contribution in [3.05, 3.63) is 83.9 Å². The molecule has 0 saturated carbocycles. The molecule has 2 aliphatic rings. The van der Waals surface area contributed by atoms with Gasteiger partial charge in [-0.25, -0.2) is 0 Å². The largest absolute Gasteiger partial charge is 0.377 e. The fraction of sp³-hybridized carbons (Fsp3) is 0.308. The minimum Gasteiger partial charge on any atom is -0.377 e. The monoisotopic (exact) mass is 368 g/mol. The highest BCUT2D eigenvalue weighted by molar-refractivity contribution is 5.96. The van der Waals surface area contributed by atoms with Gasteiger partial charge in [0.25, 0.3) is 0 Å². The molecular formula is C26H28N2. The lowest BCUT2D eigenvalue weighted by molar-refractivity contribution is 0.426. The summed E-state index contributed by atoms with van der Waals surface area (Å²) in [6, 6.07) is 22.9. The van der Waals surface area contributed by atoms with Gasteiger partial charge in [-0.1, -0.05) is 60.7 Å². The lowest BCUT2D eigenvalue weighted by Gasteiger charge is -2.38. The van der Waals surface area contributed by atoms with Crippen molar-refractivity contribution in [2.24, 2.45) is 5.92 Å². The Morgan fingerprint density at radius 3 is 2.50 bits per heavy atom. The number of nitrogens with one attached hydrogen (secondary N) is 1. The topological polar surface area (TPSA) is 15.3 Å². The third kappa shape index (κ3) is 2.71. The van der Waals surface area contributed by atoms with Crippen LogP contribution in [0.15, 0.2) is 72.8 Å². The molecule has 3 atom stereocenters. The zero-order chi connectivity index (χ0) is 19.1. The molecule has 1 aliphatic carbocycles. The molecule has 0 bridgehead atoms. The summed E-state index contributed by atoms with van der Waals surface area (Å²) in [6.45, 7) is 6.53. The molecule has 0 saturated heterocycles. The van der Waals surface area contributed by atoms with Crippen molar-refractivity contribution in [2.75, 3.05) is 23.3 Å². The summed E-state index contributed by atoms with van der Waals surface area (Å²) in [4.78, 5) is 2.40. The number of hydrogen-bond donors (Lipinski definition) is 1. The Labute approximate surface area is 167 Å². The first kappa shape index (κ1) is 17.4. The molecule has 0 fully saturated rings. The van der Waals surface area contributed by atoms with E-state index in [1.54, 1.807) is 0 Å². The van der Waals surface area contributed by atoms with Crippen LogP contribution in [0.4, 0.5) is 11.4 Å². The van der Waals surface area contributed by atoms with E-state index < -0.39 is 0 Å². The molecule has 3 aromatic carbocycles. The summed E-state index contributed by atoms with van der Waals surface area (Å²) in [6.07, 6.45) is 5.95. The van der Waals surface area contributed by atoms with Gasteiger partial charge in [0.15, 0.2) is 0 Å². The highest BCUT2D eigenvalue weighted by Crippen LogP contribution is 2.51. The second-order valence-electron chi connectivity index (χ2n) is 7.99. The van der Waals surface area contributed by atoms with Gasteiger partial charge in [-0.3, -0.25) is 0 Å². The molecule has 2 nitrogen and oxygen atoms in total. The molecule has 1 heterocycles. The van der Waals surface area contributed by atoms with Crippen molar-refractivity contribution in [3.8, 4) is 0 Å². The second kappa shape index (κ2) is 7.01. The fourth-order valence-electron chi connectivity index (χ4n) is 5.15. The molecule has 0 radical (unpaired) electrons. The van der Waals surface area contributed by atoms with Crippen LogP contribution in [-0.4, -0.2) is 13.1 Å². The van der Waals surface area contributed by atoms with Crippen LogP contribution >= 0.6 is 0 Å². The van der Waals surface area contributed by atoms with E-state index in [0.717, 1.165) is 19.5 Å². The van der Waals surface area contributed by atoms with Crippen LogP contribution in [0.25, 0.3) is 10.8 Å². The van der Waals surface area contributed by atoms with Gasteiger partial charge in [-0.05, 0) is 54.8 Å². The SMILES string of the molecule is CCN(CC)c1ccc(C2Nc3c(ccc4ccccc34)C3C=CCC32)cc1. The lowest BCUT2D eigenvalue weighted by Crippen LogP contribution is -2.29. The van der Waals surface area contributed by atoms with Crippen LogP contribution in [0.3, 0.4) is 0 Å².